The standard InChI is InChI=1S/C19H21BrN6/c1-13-12-26(7-6-22-13)19-15(20)10-21-11-18(19)25-9-14-2-3-16-17(8-14)24-5-4-23-16/h2-5,8,10-11,13,22,25H,6-7,9,12H2,1H3/t13-/m0/s1. The van der Waals surface area contributed by atoms with Crippen LogP contribution in [0.5, 0.6) is 0 Å². The van der Waals surface area contributed by atoms with Gasteiger partial charge in [-0.3, -0.25) is 15.0 Å². The second kappa shape index (κ2) is 7.55. The van der Waals surface area contributed by atoms with Crippen molar-refractivity contribution < 1.29 is 0 Å². The number of rotatable bonds is 4. The monoisotopic (exact) mass is 412 g/mol. The van der Waals surface area contributed by atoms with Crippen LogP contribution >= 0.6 is 15.9 Å². The zero-order valence-corrected chi connectivity index (χ0v) is 16.2. The molecule has 26 heavy (non-hydrogen) atoms. The van der Waals surface area contributed by atoms with Crippen molar-refractivity contribution in [3.05, 3.63) is 53.0 Å². The number of nitrogens with one attached hydrogen (secondary N) is 2. The molecule has 4 rings (SSSR count). The van der Waals surface area contributed by atoms with Crippen LogP contribution in [0.3, 0.4) is 0 Å². The van der Waals surface area contributed by atoms with Crippen LogP contribution < -0.4 is 15.5 Å². The highest BCUT2D eigenvalue weighted by molar-refractivity contribution is 9.10. The number of pyridine rings is 1. The van der Waals surface area contributed by atoms with Crippen molar-refractivity contribution in [3.8, 4) is 0 Å². The number of aromatic nitrogens is 3. The third-order valence-corrected chi connectivity index (χ3v) is 5.15. The zero-order chi connectivity index (χ0) is 17.9. The van der Waals surface area contributed by atoms with E-state index in [0.717, 1.165) is 46.4 Å². The molecule has 6 nitrogen and oxygen atoms in total. The maximum absolute atomic E-state index is 4.38. The highest BCUT2D eigenvalue weighted by Crippen LogP contribution is 2.34. The van der Waals surface area contributed by atoms with E-state index in [1.165, 1.54) is 5.69 Å². The van der Waals surface area contributed by atoms with Crippen molar-refractivity contribution >= 4 is 38.3 Å². The summed E-state index contributed by atoms with van der Waals surface area (Å²) < 4.78 is 1.01. The van der Waals surface area contributed by atoms with E-state index in [9.17, 15) is 0 Å². The van der Waals surface area contributed by atoms with Crippen LogP contribution in [0, 0.1) is 0 Å². The lowest BCUT2D eigenvalue weighted by atomic mass is 10.1. The van der Waals surface area contributed by atoms with Crippen molar-refractivity contribution in [3.63, 3.8) is 0 Å². The molecule has 134 valence electrons. The van der Waals surface area contributed by atoms with E-state index in [-0.39, 0.29) is 0 Å². The van der Waals surface area contributed by atoms with Crippen LogP contribution in [0.15, 0.2) is 47.5 Å². The number of fused-ring (bicyclic) bond motifs is 1. The molecule has 1 atom stereocenters. The molecule has 0 unspecified atom stereocenters. The number of hydrogen-bond acceptors (Lipinski definition) is 6. The average molecular weight is 413 g/mol. The van der Waals surface area contributed by atoms with Crippen LogP contribution in [-0.2, 0) is 6.54 Å². The highest BCUT2D eigenvalue weighted by atomic mass is 79.9. The van der Waals surface area contributed by atoms with E-state index >= 15 is 0 Å². The van der Waals surface area contributed by atoms with Crippen molar-refractivity contribution in [1.29, 1.82) is 0 Å². The quantitative estimate of drug-likeness (QED) is 0.685. The first-order valence-corrected chi connectivity index (χ1v) is 9.55. The van der Waals surface area contributed by atoms with Gasteiger partial charge in [0, 0.05) is 50.8 Å². The summed E-state index contributed by atoms with van der Waals surface area (Å²) in [4.78, 5) is 15.5. The van der Waals surface area contributed by atoms with Gasteiger partial charge in [0.1, 0.15) is 0 Å². The van der Waals surface area contributed by atoms with Gasteiger partial charge in [-0.2, -0.15) is 0 Å². The molecule has 7 heteroatoms. The predicted molar refractivity (Wildman–Crippen MR) is 108 cm³/mol. The van der Waals surface area contributed by atoms with Gasteiger partial charge in [0.2, 0.25) is 0 Å². The lowest BCUT2D eigenvalue weighted by molar-refractivity contribution is 0.484. The largest absolute Gasteiger partial charge is 0.378 e. The van der Waals surface area contributed by atoms with Gasteiger partial charge in [-0.15, -0.1) is 0 Å². The highest BCUT2D eigenvalue weighted by Gasteiger charge is 2.21. The van der Waals surface area contributed by atoms with Crippen LogP contribution in [0.2, 0.25) is 0 Å². The summed E-state index contributed by atoms with van der Waals surface area (Å²) in [5.41, 5.74) is 5.20. The minimum atomic E-state index is 0.468. The molecule has 3 heterocycles. The first-order chi connectivity index (χ1) is 12.7. The molecule has 2 N–H and O–H groups in total. The molecule has 1 aliphatic heterocycles. The zero-order valence-electron chi connectivity index (χ0n) is 14.6. The summed E-state index contributed by atoms with van der Waals surface area (Å²) in [6, 6.07) is 6.64. The Morgan fingerprint density at radius 2 is 2.08 bits per heavy atom. The Morgan fingerprint density at radius 1 is 1.23 bits per heavy atom. The number of benzene rings is 1. The van der Waals surface area contributed by atoms with Gasteiger partial charge in [-0.25, -0.2) is 0 Å². The Hall–Kier alpha value is -2.25. The van der Waals surface area contributed by atoms with Crippen molar-refractivity contribution in [1.82, 2.24) is 20.3 Å². The van der Waals surface area contributed by atoms with Crippen molar-refractivity contribution in [2.75, 3.05) is 29.9 Å². The molecule has 0 amide bonds. The molecular formula is C19H21BrN6. The van der Waals surface area contributed by atoms with Gasteiger partial charge in [0.15, 0.2) is 0 Å². The first-order valence-electron chi connectivity index (χ1n) is 8.76. The number of anilines is 2. The second-order valence-electron chi connectivity index (χ2n) is 6.55. The van der Waals surface area contributed by atoms with Gasteiger partial charge >= 0.3 is 0 Å². The fraction of sp³-hybridized carbons (Fsp3) is 0.316. The number of halogens is 1. The maximum atomic E-state index is 4.38. The molecule has 3 aromatic rings. The third-order valence-electron chi connectivity index (χ3n) is 4.57. The van der Waals surface area contributed by atoms with Gasteiger partial charge in [0.05, 0.1) is 33.1 Å². The van der Waals surface area contributed by atoms with Crippen LogP contribution in [0.25, 0.3) is 11.0 Å². The SMILES string of the molecule is C[C@H]1CN(c2c(Br)cncc2NCc2ccc3nccnc3c2)CCN1. The lowest BCUT2D eigenvalue weighted by Crippen LogP contribution is -2.49. The van der Waals surface area contributed by atoms with Crippen LogP contribution in [0.4, 0.5) is 11.4 Å². The molecule has 2 aromatic heterocycles. The van der Waals surface area contributed by atoms with E-state index in [0.29, 0.717) is 12.6 Å². The summed E-state index contributed by atoms with van der Waals surface area (Å²) in [5, 5.41) is 7.03. The van der Waals surface area contributed by atoms with Crippen LogP contribution in [0.1, 0.15) is 12.5 Å². The normalized spacial score (nSPS) is 17.5. The van der Waals surface area contributed by atoms with E-state index in [1.54, 1.807) is 12.4 Å². The minimum absolute atomic E-state index is 0.468. The van der Waals surface area contributed by atoms with E-state index in [1.807, 2.05) is 18.5 Å². The average Bonchev–Trinajstić information content (AvgIpc) is 2.66. The molecule has 1 aromatic carbocycles. The Balaban J connectivity index is 1.56. The van der Waals surface area contributed by atoms with E-state index in [4.69, 9.17) is 0 Å². The molecule has 0 radical (unpaired) electrons. The summed E-state index contributed by atoms with van der Waals surface area (Å²) in [6.45, 7) is 5.86. The van der Waals surface area contributed by atoms with Crippen molar-refractivity contribution in [2.45, 2.75) is 19.5 Å². The summed E-state index contributed by atoms with van der Waals surface area (Å²) in [5.74, 6) is 0. The second-order valence-corrected chi connectivity index (χ2v) is 7.41. The van der Waals surface area contributed by atoms with Gasteiger partial charge in [-0.05, 0) is 40.5 Å². The van der Waals surface area contributed by atoms with Gasteiger partial charge in [-0.1, -0.05) is 6.07 Å². The topological polar surface area (TPSA) is 66.0 Å². The summed E-state index contributed by atoms with van der Waals surface area (Å²) >= 11 is 3.68. The molecule has 0 aliphatic carbocycles. The molecule has 0 bridgehead atoms. The van der Waals surface area contributed by atoms with E-state index in [2.05, 4.69) is 65.5 Å². The van der Waals surface area contributed by atoms with E-state index < -0.39 is 0 Å². The number of hydrogen-bond donors (Lipinski definition) is 2. The Kier molecular flexibility index (Phi) is 4.99. The molecule has 1 saturated heterocycles. The molecule has 1 fully saturated rings. The molecule has 1 aliphatic rings. The smallest absolute Gasteiger partial charge is 0.0890 e. The third kappa shape index (κ3) is 3.64. The summed E-state index contributed by atoms with van der Waals surface area (Å²) in [6.07, 6.45) is 7.20. The summed E-state index contributed by atoms with van der Waals surface area (Å²) in [7, 11) is 0. The number of nitrogens with zero attached hydrogens (tertiary/aromatic N) is 4. The number of piperazine rings is 1. The lowest BCUT2D eigenvalue weighted by Gasteiger charge is -2.35. The fourth-order valence-electron chi connectivity index (χ4n) is 3.33. The first kappa shape index (κ1) is 17.2. The van der Waals surface area contributed by atoms with Gasteiger partial charge in [0.25, 0.3) is 0 Å². The minimum Gasteiger partial charge on any atom is -0.378 e. The Labute approximate surface area is 161 Å². The molecule has 0 spiro atoms. The fourth-order valence-corrected chi connectivity index (χ4v) is 3.91. The van der Waals surface area contributed by atoms with Crippen LogP contribution in [-0.4, -0.2) is 40.6 Å². The van der Waals surface area contributed by atoms with Gasteiger partial charge < -0.3 is 15.5 Å². The maximum Gasteiger partial charge on any atom is 0.0890 e. The Morgan fingerprint density at radius 3 is 2.92 bits per heavy atom. The predicted octanol–water partition coefficient (Wildman–Crippen LogP) is 3.20. The Bertz CT molecular complexity index is 915. The van der Waals surface area contributed by atoms with Crippen molar-refractivity contribution in [2.24, 2.45) is 0 Å². The molecular weight excluding hydrogens is 392 g/mol. The molecule has 0 saturated carbocycles.